The number of allylic oxidation sites excluding steroid dienone is 10. The van der Waals surface area contributed by atoms with Gasteiger partial charge in [0, 0.05) is 5.92 Å². The first-order valence-corrected chi connectivity index (χ1v) is 7.66. The van der Waals surface area contributed by atoms with E-state index in [4.69, 9.17) is 0 Å². The summed E-state index contributed by atoms with van der Waals surface area (Å²) in [6, 6.07) is 0. The fraction of sp³-hybridized carbons (Fsp3) is 0.500. The zero-order valence-corrected chi connectivity index (χ0v) is 13.8. The molecule has 0 nitrogen and oxygen atoms in total. The van der Waals surface area contributed by atoms with Gasteiger partial charge in [0.15, 0.2) is 0 Å². The highest BCUT2D eigenvalue weighted by atomic mass is 14.4. The Kier molecular flexibility index (Phi) is 3.95. The van der Waals surface area contributed by atoms with Crippen LogP contribution in [0.15, 0.2) is 59.3 Å². The van der Waals surface area contributed by atoms with Crippen LogP contribution >= 0.6 is 0 Å². The molecule has 0 bridgehead atoms. The molecule has 0 aliphatic heterocycles. The predicted molar refractivity (Wildman–Crippen MR) is 89.5 cm³/mol. The van der Waals surface area contributed by atoms with Gasteiger partial charge in [-0.25, -0.2) is 0 Å². The summed E-state index contributed by atoms with van der Waals surface area (Å²) in [5.41, 5.74) is 5.17. The van der Waals surface area contributed by atoms with Gasteiger partial charge in [-0.1, -0.05) is 95.2 Å². The summed E-state index contributed by atoms with van der Waals surface area (Å²) in [5.74, 6) is 0.416. The highest BCUT2D eigenvalue weighted by Gasteiger charge is 2.32. The van der Waals surface area contributed by atoms with Crippen molar-refractivity contribution < 1.29 is 0 Å². The van der Waals surface area contributed by atoms with Gasteiger partial charge in [-0.15, -0.1) is 0 Å². The minimum atomic E-state index is 0.236. The second-order valence-electron chi connectivity index (χ2n) is 7.96. The second kappa shape index (κ2) is 5.24. The van der Waals surface area contributed by atoms with Crippen LogP contribution in [-0.2, 0) is 0 Å². The molecular formula is C20H28. The summed E-state index contributed by atoms with van der Waals surface area (Å²) >= 11 is 0. The van der Waals surface area contributed by atoms with E-state index in [1.165, 1.54) is 5.57 Å². The third kappa shape index (κ3) is 3.23. The molecule has 0 radical (unpaired) electrons. The molecule has 20 heavy (non-hydrogen) atoms. The van der Waals surface area contributed by atoms with Crippen molar-refractivity contribution in [2.45, 2.75) is 48.0 Å². The van der Waals surface area contributed by atoms with Crippen molar-refractivity contribution in [1.82, 2.24) is 0 Å². The summed E-state index contributed by atoms with van der Waals surface area (Å²) in [7, 11) is 0. The lowest BCUT2D eigenvalue weighted by molar-refractivity contribution is 0.456. The van der Waals surface area contributed by atoms with Gasteiger partial charge >= 0.3 is 0 Å². The van der Waals surface area contributed by atoms with E-state index in [1.807, 2.05) is 0 Å². The van der Waals surface area contributed by atoms with Gasteiger partial charge in [0.2, 0.25) is 0 Å². The highest BCUT2D eigenvalue weighted by Crippen LogP contribution is 2.46. The van der Waals surface area contributed by atoms with E-state index in [2.05, 4.69) is 84.1 Å². The van der Waals surface area contributed by atoms with E-state index < -0.39 is 0 Å². The quantitative estimate of drug-likeness (QED) is 0.547. The Labute approximate surface area is 124 Å². The fourth-order valence-corrected chi connectivity index (χ4v) is 2.86. The van der Waals surface area contributed by atoms with E-state index >= 15 is 0 Å². The molecule has 0 spiro atoms. The van der Waals surface area contributed by atoms with Crippen molar-refractivity contribution in [2.75, 3.05) is 0 Å². The summed E-state index contributed by atoms with van der Waals surface area (Å²) < 4.78 is 0. The Morgan fingerprint density at radius 3 is 1.80 bits per heavy atom. The van der Waals surface area contributed by atoms with Crippen LogP contribution in [0.2, 0.25) is 0 Å². The van der Waals surface area contributed by atoms with Crippen LogP contribution in [0, 0.1) is 16.7 Å². The normalized spacial score (nSPS) is 20.6. The van der Waals surface area contributed by atoms with Gasteiger partial charge < -0.3 is 0 Å². The molecule has 0 unspecified atom stereocenters. The van der Waals surface area contributed by atoms with Crippen LogP contribution in [-0.4, -0.2) is 0 Å². The SMILES string of the molecule is CC(C)(C)C1=CC(C2C=CC=CC=C2)=C(C(C)(C)C)C1. The molecule has 0 heterocycles. The largest absolute Gasteiger partial charge is 0.0732 e. The second-order valence-corrected chi connectivity index (χ2v) is 7.96. The lowest BCUT2D eigenvalue weighted by Gasteiger charge is -2.27. The summed E-state index contributed by atoms with van der Waals surface area (Å²) in [6.45, 7) is 14.0. The molecule has 2 aliphatic rings. The molecular weight excluding hydrogens is 240 g/mol. The van der Waals surface area contributed by atoms with Gasteiger partial charge in [-0.05, 0) is 22.8 Å². The maximum atomic E-state index is 2.46. The van der Waals surface area contributed by atoms with Crippen molar-refractivity contribution in [3.8, 4) is 0 Å². The molecule has 2 aliphatic carbocycles. The van der Waals surface area contributed by atoms with E-state index in [0.29, 0.717) is 5.92 Å². The molecule has 0 aromatic rings. The first kappa shape index (κ1) is 15.1. The summed E-state index contributed by atoms with van der Waals surface area (Å²) in [5, 5.41) is 0. The summed E-state index contributed by atoms with van der Waals surface area (Å²) in [4.78, 5) is 0. The summed E-state index contributed by atoms with van der Waals surface area (Å²) in [6.07, 6.45) is 16.8. The fourth-order valence-electron chi connectivity index (χ4n) is 2.86. The van der Waals surface area contributed by atoms with Crippen molar-refractivity contribution in [3.63, 3.8) is 0 Å². The molecule has 0 amide bonds. The van der Waals surface area contributed by atoms with Gasteiger partial charge in [0.25, 0.3) is 0 Å². The van der Waals surface area contributed by atoms with Gasteiger partial charge in [-0.2, -0.15) is 0 Å². The first-order chi connectivity index (χ1) is 9.19. The first-order valence-electron chi connectivity index (χ1n) is 7.66. The monoisotopic (exact) mass is 268 g/mol. The highest BCUT2D eigenvalue weighted by molar-refractivity contribution is 5.48. The van der Waals surface area contributed by atoms with Crippen LogP contribution in [0.5, 0.6) is 0 Å². The Morgan fingerprint density at radius 1 is 0.800 bits per heavy atom. The smallest absolute Gasteiger partial charge is 0.0204 e. The maximum Gasteiger partial charge on any atom is 0.0204 e. The Morgan fingerprint density at radius 2 is 1.35 bits per heavy atom. The molecule has 108 valence electrons. The molecule has 2 rings (SSSR count). The number of hydrogen-bond acceptors (Lipinski definition) is 0. The van der Waals surface area contributed by atoms with Crippen molar-refractivity contribution in [2.24, 2.45) is 16.7 Å². The molecule has 0 N–H and O–H groups in total. The lowest BCUT2D eigenvalue weighted by atomic mass is 9.78. The van der Waals surface area contributed by atoms with Crippen LogP contribution in [0.1, 0.15) is 48.0 Å². The lowest BCUT2D eigenvalue weighted by Crippen LogP contribution is -2.14. The van der Waals surface area contributed by atoms with Crippen molar-refractivity contribution >= 4 is 0 Å². The van der Waals surface area contributed by atoms with Gasteiger partial charge in [-0.3, -0.25) is 0 Å². The Bertz CT molecular complexity index is 503. The van der Waals surface area contributed by atoms with Crippen molar-refractivity contribution in [1.29, 1.82) is 0 Å². The van der Waals surface area contributed by atoms with Crippen LogP contribution < -0.4 is 0 Å². The zero-order valence-electron chi connectivity index (χ0n) is 13.8. The Balaban J connectivity index is 2.43. The average Bonchev–Trinajstić information content (AvgIpc) is 2.60. The van der Waals surface area contributed by atoms with E-state index in [9.17, 15) is 0 Å². The van der Waals surface area contributed by atoms with E-state index in [1.54, 1.807) is 11.1 Å². The Hall–Kier alpha value is -1.30. The topological polar surface area (TPSA) is 0 Å². The molecule has 0 saturated carbocycles. The maximum absolute atomic E-state index is 2.46. The van der Waals surface area contributed by atoms with E-state index in [-0.39, 0.29) is 10.8 Å². The van der Waals surface area contributed by atoms with Crippen LogP contribution in [0.4, 0.5) is 0 Å². The molecule has 0 heteroatoms. The third-order valence-electron chi connectivity index (χ3n) is 4.24. The van der Waals surface area contributed by atoms with Crippen molar-refractivity contribution in [3.05, 3.63) is 59.3 Å². The van der Waals surface area contributed by atoms with Gasteiger partial charge in [0.1, 0.15) is 0 Å². The van der Waals surface area contributed by atoms with Crippen LogP contribution in [0.25, 0.3) is 0 Å². The molecule has 0 saturated heterocycles. The van der Waals surface area contributed by atoms with Gasteiger partial charge in [0.05, 0.1) is 0 Å². The molecule has 0 fully saturated rings. The molecule has 0 atom stereocenters. The van der Waals surface area contributed by atoms with Crippen LogP contribution in [0.3, 0.4) is 0 Å². The zero-order chi connectivity index (χ0) is 15.0. The number of hydrogen-bond donors (Lipinski definition) is 0. The van der Waals surface area contributed by atoms with E-state index in [0.717, 1.165) is 6.42 Å². The third-order valence-corrected chi connectivity index (χ3v) is 4.24. The number of rotatable bonds is 1. The average molecular weight is 268 g/mol. The minimum absolute atomic E-state index is 0.236. The predicted octanol–water partition coefficient (Wildman–Crippen LogP) is 6.00. The molecule has 0 aromatic heterocycles. The standard InChI is InChI=1S/C20H28/c1-19(2,3)16-13-17(18(14-16)20(4,5)6)15-11-9-7-8-10-12-15/h7-13,15H,14H2,1-6H3. The minimum Gasteiger partial charge on any atom is -0.0732 e. The molecule has 0 aromatic carbocycles.